The van der Waals surface area contributed by atoms with Gasteiger partial charge in [-0.3, -0.25) is 14.6 Å². The first kappa shape index (κ1) is 18.9. The molecule has 5 heteroatoms. The molecule has 1 aromatic carbocycles. The first-order valence-corrected chi connectivity index (χ1v) is 8.89. The van der Waals surface area contributed by atoms with Crippen LogP contribution in [0.3, 0.4) is 0 Å². The van der Waals surface area contributed by atoms with Crippen molar-refractivity contribution in [1.82, 2.24) is 15.1 Å². The van der Waals surface area contributed by atoms with E-state index >= 15 is 0 Å². The molecule has 2 rings (SSSR count). The van der Waals surface area contributed by atoms with Gasteiger partial charge in [0.05, 0.1) is 12.6 Å². The highest BCUT2D eigenvalue weighted by Crippen LogP contribution is 2.13. The van der Waals surface area contributed by atoms with Crippen LogP contribution in [0, 0.1) is 0 Å². The molecule has 0 radical (unpaired) electrons. The second-order valence-electron chi connectivity index (χ2n) is 6.60. The van der Waals surface area contributed by atoms with Crippen molar-refractivity contribution in [3.05, 3.63) is 35.9 Å². The Bertz CT molecular complexity index is 487. The fourth-order valence-corrected chi connectivity index (χ4v) is 3.06. The number of rotatable bonds is 8. The van der Waals surface area contributed by atoms with Crippen LogP contribution in [-0.4, -0.2) is 74.7 Å². The van der Waals surface area contributed by atoms with Crippen molar-refractivity contribution in [3.63, 3.8) is 0 Å². The predicted molar refractivity (Wildman–Crippen MR) is 97.2 cm³/mol. The lowest BCUT2D eigenvalue weighted by Crippen LogP contribution is -2.54. The van der Waals surface area contributed by atoms with Crippen LogP contribution in [0.4, 0.5) is 0 Å². The highest BCUT2D eigenvalue weighted by molar-refractivity contribution is 5.81. The smallest absolute Gasteiger partial charge is 0.237 e. The Morgan fingerprint density at radius 1 is 1.17 bits per heavy atom. The van der Waals surface area contributed by atoms with E-state index in [1.54, 1.807) is 7.11 Å². The van der Waals surface area contributed by atoms with Gasteiger partial charge in [0.15, 0.2) is 0 Å². The minimum atomic E-state index is -0.0717. The summed E-state index contributed by atoms with van der Waals surface area (Å²) in [6, 6.07) is 10.2. The van der Waals surface area contributed by atoms with Gasteiger partial charge in [0.25, 0.3) is 0 Å². The molecule has 1 aliphatic heterocycles. The van der Waals surface area contributed by atoms with Crippen molar-refractivity contribution >= 4 is 5.91 Å². The first-order valence-electron chi connectivity index (χ1n) is 8.89. The van der Waals surface area contributed by atoms with Gasteiger partial charge in [0.1, 0.15) is 0 Å². The number of nitrogens with one attached hydrogen (secondary N) is 1. The summed E-state index contributed by atoms with van der Waals surface area (Å²) in [7, 11) is 1.74. The quantitative estimate of drug-likeness (QED) is 0.784. The Labute approximate surface area is 146 Å². The minimum Gasteiger partial charge on any atom is -0.383 e. The normalized spacial score (nSPS) is 19.0. The molecule has 5 nitrogen and oxygen atoms in total. The number of hydrogen-bond donors (Lipinski definition) is 1. The Morgan fingerprint density at radius 3 is 2.46 bits per heavy atom. The molecule has 1 saturated heterocycles. The zero-order valence-corrected chi connectivity index (χ0v) is 15.2. The molecule has 1 fully saturated rings. The number of methoxy groups -OCH3 is 1. The van der Waals surface area contributed by atoms with Crippen molar-refractivity contribution < 1.29 is 9.53 Å². The van der Waals surface area contributed by atoms with E-state index in [2.05, 4.69) is 34.2 Å². The molecule has 2 atom stereocenters. The second kappa shape index (κ2) is 9.77. The molecular weight excluding hydrogens is 302 g/mol. The summed E-state index contributed by atoms with van der Waals surface area (Å²) in [5.41, 5.74) is 1.26. The monoisotopic (exact) mass is 333 g/mol. The lowest BCUT2D eigenvalue weighted by Gasteiger charge is -2.37. The van der Waals surface area contributed by atoms with E-state index in [4.69, 9.17) is 4.74 Å². The molecular formula is C19H31N3O2. The Morgan fingerprint density at radius 2 is 1.83 bits per heavy atom. The van der Waals surface area contributed by atoms with Crippen molar-refractivity contribution in [2.45, 2.75) is 25.8 Å². The Kier molecular flexibility index (Phi) is 7.69. The minimum absolute atomic E-state index is 0.0717. The predicted octanol–water partition coefficient (Wildman–Crippen LogP) is 1.56. The summed E-state index contributed by atoms with van der Waals surface area (Å²) in [5, 5.41) is 3.11. The van der Waals surface area contributed by atoms with E-state index in [-0.39, 0.29) is 11.9 Å². The lowest BCUT2D eigenvalue weighted by atomic mass is 10.0. The van der Waals surface area contributed by atoms with E-state index < -0.39 is 0 Å². The molecule has 0 bridgehead atoms. The van der Waals surface area contributed by atoms with Crippen LogP contribution < -0.4 is 5.32 Å². The molecule has 0 aromatic heterocycles. The van der Waals surface area contributed by atoms with E-state index in [0.717, 1.165) is 39.3 Å². The number of nitrogens with zero attached hydrogens (tertiary/aromatic N) is 2. The summed E-state index contributed by atoms with van der Waals surface area (Å²) in [6.07, 6.45) is 0. The van der Waals surface area contributed by atoms with Crippen molar-refractivity contribution in [3.8, 4) is 0 Å². The van der Waals surface area contributed by atoms with Crippen LogP contribution in [0.1, 0.15) is 25.3 Å². The molecule has 0 saturated carbocycles. The molecule has 134 valence electrons. The van der Waals surface area contributed by atoms with Crippen LogP contribution in [0.5, 0.6) is 0 Å². The van der Waals surface area contributed by atoms with Crippen molar-refractivity contribution in [2.75, 3.05) is 53.0 Å². The third kappa shape index (κ3) is 5.58. The summed E-state index contributed by atoms with van der Waals surface area (Å²) < 4.78 is 5.13. The van der Waals surface area contributed by atoms with E-state index in [0.29, 0.717) is 12.5 Å². The van der Waals surface area contributed by atoms with Crippen LogP contribution in [-0.2, 0) is 9.53 Å². The molecule has 0 spiro atoms. The topological polar surface area (TPSA) is 44.8 Å². The maximum absolute atomic E-state index is 12.4. The van der Waals surface area contributed by atoms with Gasteiger partial charge in [0, 0.05) is 46.4 Å². The maximum atomic E-state index is 12.4. The lowest BCUT2D eigenvalue weighted by molar-refractivity contribution is -0.126. The average molecular weight is 333 g/mol. The van der Waals surface area contributed by atoms with Gasteiger partial charge < -0.3 is 10.1 Å². The fourth-order valence-electron chi connectivity index (χ4n) is 3.06. The number of piperazine rings is 1. The van der Waals surface area contributed by atoms with Gasteiger partial charge in [-0.15, -0.1) is 0 Å². The molecule has 1 heterocycles. The van der Waals surface area contributed by atoms with Crippen LogP contribution in [0.2, 0.25) is 0 Å². The standard InChI is InChI=1S/C19H31N3O2/c1-16(18-7-5-4-6-8-18)15-20-19(23)17(2)22-11-9-21(10-12-22)13-14-24-3/h4-8,16-17H,9-15H2,1-3H3,(H,20,23)/t16-,17+/m1/s1. The SMILES string of the molecule is COCCN1CCN([C@@H](C)C(=O)NC[C@@H](C)c2ccccc2)CC1. The zero-order valence-electron chi connectivity index (χ0n) is 15.2. The van der Waals surface area contributed by atoms with Gasteiger partial charge in [-0.25, -0.2) is 0 Å². The maximum Gasteiger partial charge on any atom is 0.237 e. The summed E-state index contributed by atoms with van der Waals surface area (Å²) >= 11 is 0. The number of ether oxygens (including phenoxy) is 1. The molecule has 1 aromatic rings. The molecule has 1 aliphatic rings. The molecule has 24 heavy (non-hydrogen) atoms. The molecule has 1 amide bonds. The molecule has 1 N–H and O–H groups in total. The largest absolute Gasteiger partial charge is 0.383 e. The molecule has 0 aliphatic carbocycles. The van der Waals surface area contributed by atoms with E-state index in [1.807, 2.05) is 25.1 Å². The number of benzene rings is 1. The third-order valence-corrected chi connectivity index (χ3v) is 4.90. The number of carbonyl (C=O) groups excluding carboxylic acids is 1. The highest BCUT2D eigenvalue weighted by atomic mass is 16.5. The van der Waals surface area contributed by atoms with Crippen molar-refractivity contribution in [1.29, 1.82) is 0 Å². The Balaban J connectivity index is 1.72. The van der Waals surface area contributed by atoms with Crippen molar-refractivity contribution in [2.24, 2.45) is 0 Å². The van der Waals surface area contributed by atoms with Gasteiger partial charge in [-0.05, 0) is 18.4 Å². The van der Waals surface area contributed by atoms with Gasteiger partial charge in [-0.1, -0.05) is 37.3 Å². The average Bonchev–Trinajstić information content (AvgIpc) is 2.64. The number of hydrogen-bond acceptors (Lipinski definition) is 4. The zero-order chi connectivity index (χ0) is 17.4. The molecule has 0 unspecified atom stereocenters. The summed E-state index contributed by atoms with van der Waals surface area (Å²) in [4.78, 5) is 17.1. The third-order valence-electron chi connectivity index (χ3n) is 4.90. The van der Waals surface area contributed by atoms with Crippen LogP contribution in [0.25, 0.3) is 0 Å². The van der Waals surface area contributed by atoms with Gasteiger partial charge >= 0.3 is 0 Å². The number of amides is 1. The van der Waals surface area contributed by atoms with Crippen LogP contribution >= 0.6 is 0 Å². The summed E-state index contributed by atoms with van der Waals surface area (Å²) in [6.45, 7) is 10.5. The first-order chi connectivity index (χ1) is 11.6. The second-order valence-corrected chi connectivity index (χ2v) is 6.60. The Hall–Kier alpha value is -1.43. The van der Waals surface area contributed by atoms with E-state index in [9.17, 15) is 4.79 Å². The van der Waals surface area contributed by atoms with Gasteiger partial charge in [-0.2, -0.15) is 0 Å². The fraction of sp³-hybridized carbons (Fsp3) is 0.632. The summed E-state index contributed by atoms with van der Waals surface area (Å²) in [5.74, 6) is 0.455. The van der Waals surface area contributed by atoms with Gasteiger partial charge in [0.2, 0.25) is 5.91 Å². The number of carbonyl (C=O) groups is 1. The highest BCUT2D eigenvalue weighted by Gasteiger charge is 2.25. The van der Waals surface area contributed by atoms with Crippen LogP contribution in [0.15, 0.2) is 30.3 Å². The van der Waals surface area contributed by atoms with E-state index in [1.165, 1.54) is 5.56 Å².